The second-order valence-electron chi connectivity index (χ2n) is 17.5. The van der Waals surface area contributed by atoms with Crippen LogP contribution in [-0.4, -0.2) is 269 Å². The molecule has 5 aliphatic rings. The Bertz CT molecular complexity index is 2080. The molecule has 0 amide bonds. The Balaban J connectivity index is 1.22. The Morgan fingerprint density at radius 3 is 1.78 bits per heavy atom. The van der Waals surface area contributed by atoms with Crippen molar-refractivity contribution in [2.75, 3.05) is 46.8 Å². The van der Waals surface area contributed by atoms with Crippen LogP contribution in [0.15, 0.2) is 36.4 Å². The highest BCUT2D eigenvalue weighted by molar-refractivity contribution is 5.96. The first kappa shape index (κ1) is 55.9. The minimum absolute atomic E-state index is 0.0844. The molecule has 29 heteroatoms. The van der Waals surface area contributed by atoms with Crippen molar-refractivity contribution in [2.45, 2.75) is 141 Å². The largest absolute Gasteiger partial charge is 0.496 e. The summed E-state index contributed by atoms with van der Waals surface area (Å²) in [6.45, 7) is -5.48. The van der Waals surface area contributed by atoms with E-state index in [4.69, 9.17) is 56.8 Å². The van der Waals surface area contributed by atoms with Gasteiger partial charge in [-0.2, -0.15) is 0 Å². The van der Waals surface area contributed by atoms with E-state index in [0.29, 0.717) is 0 Å². The first-order chi connectivity index (χ1) is 34.3. The fraction of sp³-hybridized carbons (Fsp3) is 0.698. The molecular weight excluding hydrogens is 980 g/mol. The zero-order valence-electron chi connectivity index (χ0n) is 38.0. The number of para-hydroxylation sites is 1. The summed E-state index contributed by atoms with van der Waals surface area (Å²) >= 11 is 0. The van der Waals surface area contributed by atoms with Crippen molar-refractivity contribution in [3.05, 3.63) is 47.5 Å². The van der Waals surface area contributed by atoms with Crippen molar-refractivity contribution < 1.29 is 143 Å². The first-order valence-corrected chi connectivity index (χ1v) is 22.4. The molecule has 0 aliphatic carbocycles. The van der Waals surface area contributed by atoms with E-state index in [2.05, 4.69) is 0 Å². The molecule has 2 aromatic carbocycles. The SMILES string of the molecule is COc1ccc(O[C@@H]2O[C@H](CO)[C@@H](OC3OC[C@](O)(CO)[C@H]3O)[C@H](O)[C@H]2O)c(O[C@@H]2O[C@H](CO)[C@@H](O)[C@H](O)[C@H]2O[C@@H]2OC[C@H](O)[C@H](O)[C@H]2O)c1C(=O)OCc1ccccc1O[C@@H]1O[C@H](CO)[C@@H](O)[C@H](O)[C@H]1O. The molecule has 7 rings (SSSR count). The molecule has 29 nitrogen and oxygen atoms in total. The number of hydrogen-bond donors (Lipinski definition) is 16. The normalized spacial score (nSPS) is 41.4. The van der Waals surface area contributed by atoms with E-state index in [1.807, 2.05) is 0 Å². The second-order valence-corrected chi connectivity index (χ2v) is 17.5. The number of carbonyl (C=O) groups excluding carboxylic acids is 1. The highest BCUT2D eigenvalue weighted by Gasteiger charge is 2.55. The summed E-state index contributed by atoms with van der Waals surface area (Å²) in [5.41, 5.74) is -2.74. The van der Waals surface area contributed by atoms with Gasteiger partial charge in [-0.3, -0.25) is 0 Å². The number of esters is 1. The predicted molar refractivity (Wildman–Crippen MR) is 225 cm³/mol. The van der Waals surface area contributed by atoms with E-state index in [1.165, 1.54) is 24.3 Å². The summed E-state index contributed by atoms with van der Waals surface area (Å²) in [7, 11) is 1.12. The number of hydrogen-bond acceptors (Lipinski definition) is 29. The number of aliphatic hydroxyl groups excluding tert-OH is 15. The molecule has 16 N–H and O–H groups in total. The molecule has 22 atom stereocenters. The summed E-state index contributed by atoms with van der Waals surface area (Å²) in [5.74, 6) is -3.09. The Kier molecular flexibility index (Phi) is 18.5. The van der Waals surface area contributed by atoms with Gasteiger partial charge in [-0.25, -0.2) is 4.79 Å². The molecule has 1 unspecified atom stereocenters. The van der Waals surface area contributed by atoms with Crippen LogP contribution in [0.25, 0.3) is 0 Å². The lowest BCUT2D eigenvalue weighted by molar-refractivity contribution is -0.345. The van der Waals surface area contributed by atoms with Crippen molar-refractivity contribution in [1.29, 1.82) is 0 Å². The van der Waals surface area contributed by atoms with Gasteiger partial charge >= 0.3 is 5.97 Å². The summed E-state index contributed by atoms with van der Waals surface area (Å²) in [6.07, 6.45) is -38.4. The van der Waals surface area contributed by atoms with E-state index in [-0.39, 0.29) is 17.1 Å². The van der Waals surface area contributed by atoms with Crippen LogP contribution in [0.1, 0.15) is 15.9 Å². The van der Waals surface area contributed by atoms with E-state index in [9.17, 15) is 86.5 Å². The Labute approximate surface area is 407 Å². The zero-order valence-corrected chi connectivity index (χ0v) is 38.0. The lowest BCUT2D eigenvalue weighted by atomic mass is 9.98. The van der Waals surface area contributed by atoms with Crippen LogP contribution >= 0.6 is 0 Å². The number of benzene rings is 2. The van der Waals surface area contributed by atoms with Gasteiger partial charge in [0.1, 0.15) is 121 Å². The fourth-order valence-corrected chi connectivity index (χ4v) is 8.34. The zero-order chi connectivity index (χ0) is 52.3. The van der Waals surface area contributed by atoms with E-state index < -0.39 is 204 Å². The molecule has 406 valence electrons. The van der Waals surface area contributed by atoms with Gasteiger partial charge in [-0.15, -0.1) is 0 Å². The summed E-state index contributed by atoms with van der Waals surface area (Å²) in [4.78, 5) is 14.5. The van der Waals surface area contributed by atoms with Crippen molar-refractivity contribution in [1.82, 2.24) is 0 Å². The minimum Gasteiger partial charge on any atom is -0.496 e. The third-order valence-electron chi connectivity index (χ3n) is 12.7. The fourth-order valence-electron chi connectivity index (χ4n) is 8.34. The highest BCUT2D eigenvalue weighted by Crippen LogP contribution is 2.43. The van der Waals surface area contributed by atoms with Crippen molar-refractivity contribution in [3.8, 4) is 23.0 Å². The molecule has 0 saturated carbocycles. The molecule has 0 spiro atoms. The molecule has 0 bridgehead atoms. The molecule has 5 aliphatic heterocycles. The van der Waals surface area contributed by atoms with Crippen molar-refractivity contribution in [2.24, 2.45) is 0 Å². The molecular formula is C43H60O29. The molecule has 5 fully saturated rings. The third-order valence-corrected chi connectivity index (χ3v) is 12.7. The van der Waals surface area contributed by atoms with Crippen molar-refractivity contribution in [3.63, 3.8) is 0 Å². The maximum absolute atomic E-state index is 14.5. The molecule has 5 heterocycles. The van der Waals surface area contributed by atoms with Crippen molar-refractivity contribution >= 4 is 5.97 Å². The monoisotopic (exact) mass is 1040 g/mol. The average molecular weight is 1040 g/mol. The standard InChI is InChI=1S/C43H60O29/c1-61-18-6-7-19(66-40-32(57)29(54)34(22(10-46)69-40)71-42-36(58)43(60,13-47)14-64-42)33(70-41-35(28(53)26(51)21(9-45)68-41)72-38-30(55)24(49)16(48)12-63-38)23(18)37(59)62-11-15-4-2-3-5-17(15)65-39-31(56)27(52)25(50)20(8-44)67-39/h2-7,16,20-22,24-32,34-36,38-42,44-58,60H,8-14H2,1H3/t16-,20+,21+,22+,24-,25+,26+,27-,28-,29+,30+,31+,32+,34+,35+,36-,38-,39+,40+,41-,42?,43+/m0/s1. The van der Waals surface area contributed by atoms with Gasteiger partial charge in [0.15, 0.2) is 30.2 Å². The van der Waals surface area contributed by atoms with Gasteiger partial charge in [0.2, 0.25) is 18.9 Å². The number of ether oxygens (including phenoxy) is 12. The highest BCUT2D eigenvalue weighted by atomic mass is 16.8. The van der Waals surface area contributed by atoms with Crippen LogP contribution < -0.4 is 18.9 Å². The van der Waals surface area contributed by atoms with Crippen LogP contribution in [0.5, 0.6) is 23.0 Å². The van der Waals surface area contributed by atoms with E-state index >= 15 is 0 Å². The number of methoxy groups -OCH3 is 1. The smallest absolute Gasteiger partial charge is 0.346 e. The van der Waals surface area contributed by atoms with Crippen LogP contribution in [0.3, 0.4) is 0 Å². The molecule has 5 saturated heterocycles. The van der Waals surface area contributed by atoms with E-state index in [0.717, 1.165) is 19.2 Å². The maximum atomic E-state index is 14.5. The minimum atomic E-state index is -2.16. The van der Waals surface area contributed by atoms with Gasteiger partial charge in [0, 0.05) is 5.56 Å². The third kappa shape index (κ3) is 11.4. The Morgan fingerprint density at radius 1 is 0.583 bits per heavy atom. The first-order valence-electron chi connectivity index (χ1n) is 22.4. The van der Waals surface area contributed by atoms with Gasteiger partial charge in [0.05, 0.1) is 46.8 Å². The van der Waals surface area contributed by atoms with Gasteiger partial charge in [0.25, 0.3) is 0 Å². The van der Waals surface area contributed by atoms with Crippen LogP contribution in [0.4, 0.5) is 0 Å². The summed E-state index contributed by atoms with van der Waals surface area (Å²) in [5, 5.41) is 168. The van der Waals surface area contributed by atoms with Crippen LogP contribution in [0.2, 0.25) is 0 Å². The van der Waals surface area contributed by atoms with Gasteiger partial charge < -0.3 is 139 Å². The lowest BCUT2D eigenvalue weighted by Gasteiger charge is -2.45. The lowest BCUT2D eigenvalue weighted by Crippen LogP contribution is -2.64. The average Bonchev–Trinajstić information content (AvgIpc) is 3.67. The second kappa shape index (κ2) is 23.8. The topological polar surface area (TPSA) is 452 Å². The Morgan fingerprint density at radius 2 is 1.14 bits per heavy atom. The molecule has 0 radical (unpaired) electrons. The van der Waals surface area contributed by atoms with Gasteiger partial charge in [-0.1, -0.05) is 18.2 Å². The predicted octanol–water partition coefficient (Wildman–Crippen LogP) is -8.48. The summed E-state index contributed by atoms with van der Waals surface area (Å²) < 4.78 is 68.3. The van der Waals surface area contributed by atoms with Gasteiger partial charge in [-0.05, 0) is 18.2 Å². The van der Waals surface area contributed by atoms with Crippen LogP contribution in [0, 0.1) is 0 Å². The number of rotatable bonds is 18. The van der Waals surface area contributed by atoms with Crippen LogP contribution in [-0.2, 0) is 44.5 Å². The number of aliphatic hydroxyl groups is 16. The Hall–Kier alpha value is -3.81. The maximum Gasteiger partial charge on any atom is 0.346 e. The molecule has 2 aromatic rings. The van der Waals surface area contributed by atoms with E-state index in [1.54, 1.807) is 0 Å². The number of carbonyl (C=O) groups is 1. The molecule has 72 heavy (non-hydrogen) atoms. The quantitative estimate of drug-likeness (QED) is 0.0617. The summed E-state index contributed by atoms with van der Waals surface area (Å²) in [6, 6.07) is 8.02. The molecule has 0 aromatic heterocycles.